The molecule has 5 heteroatoms. The average Bonchev–Trinajstić information content (AvgIpc) is 3.25. The monoisotopic (exact) mass is 341 g/mol. The molecule has 0 amide bonds. The Labute approximate surface area is 153 Å². The van der Waals surface area contributed by atoms with Gasteiger partial charge in [0.1, 0.15) is 12.5 Å². The highest BCUT2D eigenvalue weighted by Crippen LogP contribution is 2.33. The summed E-state index contributed by atoms with van der Waals surface area (Å²) in [4.78, 5) is 11.0. The molecule has 0 atom stereocenters. The van der Waals surface area contributed by atoms with Crippen molar-refractivity contribution < 1.29 is 9.28 Å². The predicted octanol–water partition coefficient (Wildman–Crippen LogP) is 2.89. The Balaban J connectivity index is 1.75. The zero-order valence-electron chi connectivity index (χ0n) is 14.7. The SMILES string of the molecule is Cc1cc(C=Cc2cccc(C=O)c2)n2c1C(CCN)=C1C=CC=[N+]1[B-]2. The molecule has 0 bridgehead atoms. The Hall–Kier alpha value is -2.92. The second-order valence-electron chi connectivity index (χ2n) is 6.53. The zero-order chi connectivity index (χ0) is 18.1. The number of aldehydes is 1. The molecule has 0 fully saturated rings. The van der Waals surface area contributed by atoms with E-state index in [-0.39, 0.29) is 0 Å². The van der Waals surface area contributed by atoms with E-state index >= 15 is 0 Å². The number of aromatic nitrogens is 1. The van der Waals surface area contributed by atoms with Crippen molar-refractivity contribution in [2.45, 2.75) is 13.3 Å². The lowest BCUT2D eigenvalue weighted by Gasteiger charge is -2.29. The maximum Gasteiger partial charge on any atom is 0.221 e. The number of aryl methyl sites for hydroxylation is 1. The number of carbonyl (C=O) groups excluding carboxylic acids is 1. The fraction of sp³-hybridized carbons (Fsp3) is 0.143. The van der Waals surface area contributed by atoms with Gasteiger partial charge in [-0.25, -0.2) is 0 Å². The van der Waals surface area contributed by atoms with Crippen LogP contribution in [0, 0.1) is 6.92 Å². The molecule has 0 saturated carbocycles. The van der Waals surface area contributed by atoms with Crippen molar-refractivity contribution in [1.82, 2.24) is 4.48 Å². The summed E-state index contributed by atoms with van der Waals surface area (Å²) >= 11 is 0. The van der Waals surface area contributed by atoms with Gasteiger partial charge in [0.25, 0.3) is 0 Å². The van der Waals surface area contributed by atoms with E-state index in [1.807, 2.05) is 30.3 Å². The molecular weight excluding hydrogens is 321 g/mol. The number of nitrogens with zero attached hydrogens (tertiary/aromatic N) is 2. The third kappa shape index (κ3) is 2.80. The Bertz CT molecular complexity index is 1010. The summed E-state index contributed by atoms with van der Waals surface area (Å²) in [6.45, 7) is 2.76. The van der Waals surface area contributed by atoms with Crippen molar-refractivity contribution in [3.05, 3.63) is 76.3 Å². The van der Waals surface area contributed by atoms with Crippen LogP contribution in [0.2, 0.25) is 0 Å². The van der Waals surface area contributed by atoms with E-state index < -0.39 is 0 Å². The maximum atomic E-state index is 11.0. The molecule has 0 unspecified atom stereocenters. The third-order valence-corrected chi connectivity index (χ3v) is 4.76. The zero-order valence-corrected chi connectivity index (χ0v) is 14.7. The molecule has 0 aliphatic carbocycles. The second kappa shape index (κ2) is 6.77. The molecule has 0 saturated heterocycles. The van der Waals surface area contributed by atoms with Gasteiger partial charge in [0, 0.05) is 34.7 Å². The summed E-state index contributed by atoms with van der Waals surface area (Å²) in [5.74, 6) is 0. The van der Waals surface area contributed by atoms with Crippen LogP contribution in [0.5, 0.6) is 0 Å². The molecule has 2 radical (unpaired) electrons. The van der Waals surface area contributed by atoms with Crippen LogP contribution in [0.15, 0.2) is 48.2 Å². The van der Waals surface area contributed by atoms with Crippen LogP contribution < -0.4 is 5.73 Å². The lowest BCUT2D eigenvalue weighted by molar-refractivity contribution is -0.307. The molecule has 2 aliphatic heterocycles. The Morgan fingerprint density at radius 3 is 2.88 bits per heavy atom. The van der Waals surface area contributed by atoms with Crippen LogP contribution in [0.4, 0.5) is 0 Å². The minimum atomic E-state index is 0.620. The minimum Gasteiger partial charge on any atom is -0.501 e. The molecule has 26 heavy (non-hydrogen) atoms. The summed E-state index contributed by atoms with van der Waals surface area (Å²) in [5.41, 5.74) is 13.6. The molecule has 1 aromatic heterocycles. The maximum absolute atomic E-state index is 11.0. The van der Waals surface area contributed by atoms with Gasteiger partial charge in [-0.3, -0.25) is 4.79 Å². The number of hydrogen-bond donors (Lipinski definition) is 1. The van der Waals surface area contributed by atoms with E-state index in [1.165, 1.54) is 22.5 Å². The van der Waals surface area contributed by atoms with E-state index in [2.05, 4.69) is 53.9 Å². The van der Waals surface area contributed by atoms with Crippen LogP contribution in [0.1, 0.15) is 39.3 Å². The molecule has 2 N–H and O–H groups in total. The van der Waals surface area contributed by atoms with Gasteiger partial charge < -0.3 is 14.7 Å². The number of fused-ring (bicyclic) bond motifs is 2. The Morgan fingerprint density at radius 1 is 1.23 bits per heavy atom. The highest BCUT2D eigenvalue weighted by molar-refractivity contribution is 6.28. The lowest BCUT2D eigenvalue weighted by Crippen LogP contribution is -2.30. The molecule has 128 valence electrons. The van der Waals surface area contributed by atoms with Crippen LogP contribution >= 0.6 is 0 Å². The van der Waals surface area contributed by atoms with Gasteiger partial charge in [-0.1, -0.05) is 24.3 Å². The summed E-state index contributed by atoms with van der Waals surface area (Å²) in [6.07, 6.45) is 12.1. The molecule has 1 aromatic carbocycles. The largest absolute Gasteiger partial charge is 0.501 e. The molecule has 2 aromatic rings. The van der Waals surface area contributed by atoms with Crippen LogP contribution in [-0.2, 0) is 0 Å². The second-order valence-corrected chi connectivity index (χ2v) is 6.53. The summed E-state index contributed by atoms with van der Waals surface area (Å²) in [6, 6.07) is 9.78. The Kier molecular flexibility index (Phi) is 4.31. The normalized spacial score (nSPS) is 15.4. The fourth-order valence-electron chi connectivity index (χ4n) is 3.62. The highest BCUT2D eigenvalue weighted by atomic mass is 16.1. The quantitative estimate of drug-likeness (QED) is 0.672. The number of allylic oxidation sites excluding steroid dienone is 2. The summed E-state index contributed by atoms with van der Waals surface area (Å²) in [5, 5.41) is 0. The van der Waals surface area contributed by atoms with Crippen LogP contribution in [-0.4, -0.2) is 35.6 Å². The summed E-state index contributed by atoms with van der Waals surface area (Å²) in [7, 11) is 2.11. The number of rotatable bonds is 5. The smallest absolute Gasteiger partial charge is 0.221 e. The van der Waals surface area contributed by atoms with Gasteiger partial charge in [0.2, 0.25) is 7.55 Å². The fourth-order valence-corrected chi connectivity index (χ4v) is 3.62. The summed E-state index contributed by atoms with van der Waals surface area (Å²) < 4.78 is 4.36. The lowest BCUT2D eigenvalue weighted by atomic mass is 9.94. The third-order valence-electron chi connectivity index (χ3n) is 4.76. The van der Waals surface area contributed by atoms with Crippen LogP contribution in [0.3, 0.4) is 0 Å². The van der Waals surface area contributed by atoms with Crippen molar-refractivity contribution in [2.75, 3.05) is 6.54 Å². The average molecular weight is 341 g/mol. The predicted molar refractivity (Wildman–Crippen MR) is 107 cm³/mol. The van der Waals surface area contributed by atoms with Gasteiger partial charge in [-0.15, -0.1) is 0 Å². The first-order chi connectivity index (χ1) is 12.7. The van der Waals surface area contributed by atoms with Gasteiger partial charge in [0.15, 0.2) is 5.70 Å². The number of benzene rings is 1. The molecule has 4 rings (SSSR count). The first-order valence-corrected chi connectivity index (χ1v) is 8.75. The van der Waals surface area contributed by atoms with Crippen molar-refractivity contribution in [1.29, 1.82) is 0 Å². The number of nitrogens with two attached hydrogens (primary N) is 1. The van der Waals surface area contributed by atoms with E-state index in [0.29, 0.717) is 12.1 Å². The number of carbonyl (C=O) groups is 1. The molecular formula is C21H20BN3O. The van der Waals surface area contributed by atoms with Crippen molar-refractivity contribution >= 4 is 37.8 Å². The van der Waals surface area contributed by atoms with E-state index in [9.17, 15) is 4.79 Å². The van der Waals surface area contributed by atoms with Gasteiger partial charge >= 0.3 is 0 Å². The number of hydrogen-bond acceptors (Lipinski definition) is 2. The van der Waals surface area contributed by atoms with Gasteiger partial charge in [-0.2, -0.15) is 0 Å². The van der Waals surface area contributed by atoms with Gasteiger partial charge in [0.05, 0.1) is 0 Å². The first-order valence-electron chi connectivity index (χ1n) is 8.75. The van der Waals surface area contributed by atoms with E-state index in [1.54, 1.807) is 0 Å². The van der Waals surface area contributed by atoms with Crippen LogP contribution in [0.25, 0.3) is 17.7 Å². The van der Waals surface area contributed by atoms with E-state index in [4.69, 9.17) is 5.73 Å². The minimum absolute atomic E-state index is 0.620. The first kappa shape index (κ1) is 16.5. The highest BCUT2D eigenvalue weighted by Gasteiger charge is 2.24. The van der Waals surface area contributed by atoms with E-state index in [0.717, 1.165) is 24.0 Å². The van der Waals surface area contributed by atoms with Crippen molar-refractivity contribution in [2.24, 2.45) is 5.73 Å². The molecule has 3 heterocycles. The molecule has 0 spiro atoms. The van der Waals surface area contributed by atoms with Crippen molar-refractivity contribution in [3.63, 3.8) is 0 Å². The topological polar surface area (TPSA) is 51.0 Å². The Morgan fingerprint density at radius 2 is 2.08 bits per heavy atom. The van der Waals surface area contributed by atoms with Gasteiger partial charge in [-0.05, 0) is 49.2 Å². The molecule has 4 nitrogen and oxygen atoms in total. The standard InChI is InChI=1S/C21H20BN3O/c1-15-12-18(8-7-16-4-2-5-17(13-16)14-26)25-21(15)19(9-10-23)20-6-3-11-24(20)22-25/h2-8,11-14H,9-10,23H2,1H3. The molecule has 2 aliphatic rings. The van der Waals surface area contributed by atoms with Crippen molar-refractivity contribution in [3.8, 4) is 0 Å².